The Kier molecular flexibility index (Phi) is 6.84. The standard InChI is InChI=1S/C30H32BrN5O7/c1-14-4-7-23(31)32-28(14)33-29(40)19-9-30(3)10-22(30)36(19)24(39)11-35-18-6-5-16(8-17(18)25(34-35)15(2)37)43-21-13-42-26-20(38)12-41-27(21)26/h4-8,19-22,26-27,38H,9-13H2,1-3H3,(H,32,33,40)/t19-,20+,21+,22+,26+,27+,30-/m0/s1. The number of ether oxygens (including phenoxy) is 3. The van der Waals surface area contributed by atoms with Gasteiger partial charge in [-0.3, -0.25) is 19.1 Å². The zero-order valence-corrected chi connectivity index (χ0v) is 25.5. The predicted molar refractivity (Wildman–Crippen MR) is 157 cm³/mol. The molecular formula is C30H32BrN5O7. The molecule has 1 saturated carbocycles. The maximum absolute atomic E-state index is 13.8. The molecule has 3 saturated heterocycles. The first-order valence-corrected chi connectivity index (χ1v) is 15.2. The Balaban J connectivity index is 1.12. The normalized spacial score (nSPS) is 30.8. The van der Waals surface area contributed by atoms with Crippen LogP contribution in [-0.4, -0.2) is 92.1 Å². The fraction of sp³-hybridized carbons (Fsp3) is 0.500. The number of aliphatic hydroxyl groups is 1. The number of nitrogens with one attached hydrogen (secondary N) is 1. The lowest BCUT2D eigenvalue weighted by Crippen LogP contribution is -2.47. The van der Waals surface area contributed by atoms with E-state index in [1.807, 2.05) is 13.0 Å². The number of fused-ring (bicyclic) bond motifs is 3. The molecule has 4 aliphatic rings. The number of aryl methyl sites for hydroxylation is 1. The number of benzene rings is 1. The lowest BCUT2D eigenvalue weighted by Gasteiger charge is -2.27. The molecule has 2 aromatic heterocycles. The van der Waals surface area contributed by atoms with Crippen molar-refractivity contribution in [3.8, 4) is 5.75 Å². The molecule has 4 fully saturated rings. The van der Waals surface area contributed by atoms with E-state index in [2.05, 4.69) is 38.3 Å². The molecule has 3 aromatic rings. The number of Topliss-reactive ketones (excluding diaryl/α,β-unsaturated/α-hetero) is 1. The minimum absolute atomic E-state index is 0.0322. The Bertz CT molecular complexity index is 1660. The molecule has 0 unspecified atom stereocenters. The third-order valence-electron chi connectivity index (χ3n) is 9.14. The summed E-state index contributed by atoms with van der Waals surface area (Å²) in [5.41, 5.74) is 1.54. The van der Waals surface area contributed by atoms with Crippen molar-refractivity contribution in [2.45, 2.75) is 76.7 Å². The van der Waals surface area contributed by atoms with E-state index >= 15 is 0 Å². The number of aromatic nitrogens is 3. The van der Waals surface area contributed by atoms with E-state index in [4.69, 9.17) is 14.2 Å². The molecule has 0 spiro atoms. The first-order chi connectivity index (χ1) is 20.5. The predicted octanol–water partition coefficient (Wildman–Crippen LogP) is 2.63. The highest BCUT2D eigenvalue weighted by Crippen LogP contribution is 2.59. The number of nitrogens with zero attached hydrogens (tertiary/aromatic N) is 4. The van der Waals surface area contributed by atoms with E-state index in [0.29, 0.717) is 33.5 Å². The molecular weight excluding hydrogens is 622 g/mol. The molecule has 3 aliphatic heterocycles. The van der Waals surface area contributed by atoms with Crippen LogP contribution in [0.25, 0.3) is 10.9 Å². The number of rotatable bonds is 7. The summed E-state index contributed by atoms with van der Waals surface area (Å²) in [6.45, 7) is 5.74. The fourth-order valence-electron chi connectivity index (χ4n) is 6.73. The van der Waals surface area contributed by atoms with E-state index in [1.165, 1.54) is 11.6 Å². The van der Waals surface area contributed by atoms with Gasteiger partial charge in [0.05, 0.1) is 18.7 Å². The van der Waals surface area contributed by atoms with Crippen LogP contribution in [-0.2, 0) is 25.6 Å². The maximum atomic E-state index is 13.8. The molecule has 1 aromatic carbocycles. The average molecular weight is 655 g/mol. The second kappa shape index (κ2) is 10.4. The second-order valence-corrected chi connectivity index (χ2v) is 13.1. The fourth-order valence-corrected chi connectivity index (χ4v) is 7.04. The van der Waals surface area contributed by atoms with Crippen LogP contribution >= 0.6 is 15.9 Å². The molecule has 7 atom stereocenters. The summed E-state index contributed by atoms with van der Waals surface area (Å²) in [4.78, 5) is 45.9. The minimum atomic E-state index is -0.683. The molecule has 13 heteroatoms. The smallest absolute Gasteiger partial charge is 0.248 e. The largest absolute Gasteiger partial charge is 0.485 e. The maximum Gasteiger partial charge on any atom is 0.248 e. The molecule has 12 nitrogen and oxygen atoms in total. The van der Waals surface area contributed by atoms with Gasteiger partial charge in [-0.25, -0.2) is 4.98 Å². The molecule has 5 heterocycles. The van der Waals surface area contributed by atoms with Gasteiger partial charge in [-0.1, -0.05) is 13.0 Å². The van der Waals surface area contributed by atoms with Gasteiger partial charge in [0, 0.05) is 18.4 Å². The van der Waals surface area contributed by atoms with Crippen LogP contribution in [0.3, 0.4) is 0 Å². The van der Waals surface area contributed by atoms with Crippen LogP contribution < -0.4 is 10.1 Å². The monoisotopic (exact) mass is 653 g/mol. The van der Waals surface area contributed by atoms with Crippen molar-refractivity contribution >= 4 is 50.2 Å². The van der Waals surface area contributed by atoms with E-state index in [0.717, 1.165) is 12.0 Å². The van der Waals surface area contributed by atoms with Crippen molar-refractivity contribution in [1.82, 2.24) is 19.7 Å². The highest BCUT2D eigenvalue weighted by atomic mass is 79.9. The van der Waals surface area contributed by atoms with Crippen LogP contribution in [0.1, 0.15) is 42.7 Å². The molecule has 7 rings (SSSR count). The molecule has 2 N–H and O–H groups in total. The third kappa shape index (κ3) is 4.91. The van der Waals surface area contributed by atoms with Gasteiger partial charge in [0.15, 0.2) is 11.9 Å². The van der Waals surface area contributed by atoms with Gasteiger partial charge in [0.2, 0.25) is 11.8 Å². The molecule has 43 heavy (non-hydrogen) atoms. The topological polar surface area (TPSA) is 145 Å². The van der Waals surface area contributed by atoms with Gasteiger partial charge in [0.25, 0.3) is 0 Å². The number of piperidine rings is 1. The first kappa shape index (κ1) is 28.4. The number of carbonyl (C=O) groups is 3. The highest BCUT2D eigenvalue weighted by Gasteiger charge is 2.64. The average Bonchev–Trinajstić information content (AvgIpc) is 3.37. The van der Waals surface area contributed by atoms with Crippen molar-refractivity contribution in [1.29, 1.82) is 0 Å². The van der Waals surface area contributed by atoms with Gasteiger partial charge < -0.3 is 29.5 Å². The van der Waals surface area contributed by atoms with Crippen molar-refractivity contribution in [3.05, 3.63) is 46.2 Å². The summed E-state index contributed by atoms with van der Waals surface area (Å²) in [6, 6.07) is 8.25. The van der Waals surface area contributed by atoms with Crippen LogP contribution in [0, 0.1) is 12.3 Å². The van der Waals surface area contributed by atoms with Gasteiger partial charge in [0.1, 0.15) is 52.8 Å². The van der Waals surface area contributed by atoms with E-state index in [-0.39, 0.29) is 60.6 Å². The Hall–Kier alpha value is -3.39. The quantitative estimate of drug-likeness (QED) is 0.290. The summed E-state index contributed by atoms with van der Waals surface area (Å²) >= 11 is 3.35. The molecule has 0 radical (unpaired) electrons. The summed E-state index contributed by atoms with van der Waals surface area (Å²) in [7, 11) is 0. The molecule has 2 amide bonds. The summed E-state index contributed by atoms with van der Waals surface area (Å²) in [6.07, 6.45) is -0.482. The van der Waals surface area contributed by atoms with E-state index in [9.17, 15) is 19.5 Å². The highest BCUT2D eigenvalue weighted by molar-refractivity contribution is 9.10. The van der Waals surface area contributed by atoms with Gasteiger partial charge in [-0.2, -0.15) is 5.10 Å². The number of halogens is 1. The van der Waals surface area contributed by atoms with Crippen LogP contribution in [0.15, 0.2) is 34.9 Å². The summed E-state index contributed by atoms with van der Waals surface area (Å²) < 4.78 is 19.6. The second-order valence-electron chi connectivity index (χ2n) is 12.2. The Morgan fingerprint density at radius 3 is 2.74 bits per heavy atom. The van der Waals surface area contributed by atoms with Crippen molar-refractivity contribution in [2.24, 2.45) is 5.41 Å². The number of carbonyl (C=O) groups excluding carboxylic acids is 3. The number of hydrogen-bond acceptors (Lipinski definition) is 9. The number of pyridine rings is 1. The van der Waals surface area contributed by atoms with Crippen LogP contribution in [0.4, 0.5) is 5.82 Å². The first-order valence-electron chi connectivity index (χ1n) is 14.4. The summed E-state index contributed by atoms with van der Waals surface area (Å²) in [5.74, 6) is 0.196. The van der Waals surface area contributed by atoms with Gasteiger partial charge in [-0.05, 0) is 70.9 Å². The number of amides is 2. The molecule has 1 aliphatic carbocycles. The Morgan fingerprint density at radius 1 is 1.16 bits per heavy atom. The van der Waals surface area contributed by atoms with Crippen molar-refractivity contribution in [2.75, 3.05) is 18.5 Å². The summed E-state index contributed by atoms with van der Waals surface area (Å²) in [5, 5.41) is 18.0. The lowest BCUT2D eigenvalue weighted by atomic mass is 10.0. The Morgan fingerprint density at radius 2 is 1.95 bits per heavy atom. The molecule has 0 bridgehead atoms. The SMILES string of the molecule is CC(=O)c1nn(CC(=O)N2[C@H](C(=O)Nc3nc(Br)ccc3C)C[C@@]3(C)C[C@@H]23)c2ccc(O[C@@H]3CO[C@H]4[C@@H]3OC[C@H]4O)cc12. The van der Waals surface area contributed by atoms with Crippen LogP contribution in [0.2, 0.25) is 0 Å². The number of ketones is 1. The third-order valence-corrected chi connectivity index (χ3v) is 9.58. The number of hydrogen-bond donors (Lipinski definition) is 2. The lowest BCUT2D eigenvalue weighted by molar-refractivity contribution is -0.138. The Labute approximate surface area is 255 Å². The van der Waals surface area contributed by atoms with Crippen molar-refractivity contribution < 1.29 is 33.7 Å². The minimum Gasteiger partial charge on any atom is -0.485 e. The van der Waals surface area contributed by atoms with Crippen LogP contribution in [0.5, 0.6) is 5.75 Å². The number of anilines is 1. The number of likely N-dealkylation sites (tertiary alicyclic amines) is 1. The zero-order chi connectivity index (χ0) is 30.2. The van der Waals surface area contributed by atoms with E-state index in [1.54, 1.807) is 29.2 Å². The zero-order valence-electron chi connectivity index (χ0n) is 23.9. The van der Waals surface area contributed by atoms with E-state index < -0.39 is 24.4 Å². The number of aliphatic hydroxyl groups excluding tert-OH is 1. The van der Waals surface area contributed by atoms with Gasteiger partial charge in [-0.15, -0.1) is 0 Å². The van der Waals surface area contributed by atoms with Gasteiger partial charge >= 0.3 is 0 Å². The molecule has 226 valence electrons. The van der Waals surface area contributed by atoms with Crippen molar-refractivity contribution in [3.63, 3.8) is 0 Å².